The highest BCUT2D eigenvalue weighted by molar-refractivity contribution is 5.94. The summed E-state index contributed by atoms with van der Waals surface area (Å²) in [6.07, 6.45) is 8.44. The van der Waals surface area contributed by atoms with Crippen LogP contribution in [0.15, 0.2) is 24.3 Å². The molecule has 0 spiro atoms. The molecule has 2 amide bonds. The van der Waals surface area contributed by atoms with Crippen molar-refractivity contribution in [1.29, 1.82) is 0 Å². The van der Waals surface area contributed by atoms with Crippen LogP contribution in [0.4, 0.5) is 0 Å². The average Bonchev–Trinajstić information content (AvgIpc) is 2.72. The lowest BCUT2D eigenvalue weighted by Gasteiger charge is -2.38. The number of amides is 2. The van der Waals surface area contributed by atoms with Crippen LogP contribution in [0.2, 0.25) is 0 Å². The lowest BCUT2D eigenvalue weighted by Crippen LogP contribution is -2.52. The van der Waals surface area contributed by atoms with Crippen LogP contribution >= 0.6 is 0 Å². The zero-order chi connectivity index (χ0) is 19.2. The van der Waals surface area contributed by atoms with Crippen LogP contribution in [-0.2, 0) is 4.79 Å². The van der Waals surface area contributed by atoms with Crippen molar-refractivity contribution < 1.29 is 9.59 Å². The number of benzene rings is 1. The second kappa shape index (κ2) is 9.38. The number of aryl methyl sites for hydroxylation is 1. The van der Waals surface area contributed by atoms with Gasteiger partial charge in [0.2, 0.25) is 5.91 Å². The largest absolute Gasteiger partial charge is 0.339 e. The quantitative estimate of drug-likeness (QED) is 0.776. The van der Waals surface area contributed by atoms with E-state index in [9.17, 15) is 9.59 Å². The third kappa shape index (κ3) is 5.12. The van der Waals surface area contributed by atoms with Gasteiger partial charge in [0.1, 0.15) is 0 Å². The Kier molecular flexibility index (Phi) is 6.92. The second-order valence-electron chi connectivity index (χ2n) is 8.34. The molecule has 1 aromatic carbocycles. The molecule has 0 atom stereocenters. The fourth-order valence-corrected chi connectivity index (χ4v) is 4.46. The number of carbonyl (C=O) groups excluding carboxylic acids is 2. The van der Waals surface area contributed by atoms with Crippen molar-refractivity contribution in [2.75, 3.05) is 26.2 Å². The molecule has 0 N–H and O–H groups in total. The lowest BCUT2D eigenvalue weighted by atomic mass is 9.79. The Morgan fingerprint density at radius 3 is 2.11 bits per heavy atom. The zero-order valence-electron chi connectivity index (χ0n) is 17.0. The highest BCUT2D eigenvalue weighted by Crippen LogP contribution is 2.33. The molecule has 1 aliphatic heterocycles. The van der Waals surface area contributed by atoms with Gasteiger partial charge in [-0.3, -0.25) is 9.59 Å². The molecular formula is C23H34N2O2. The maximum absolute atomic E-state index is 12.9. The van der Waals surface area contributed by atoms with E-state index in [1.54, 1.807) is 0 Å². The number of piperazine rings is 1. The normalized spacial score (nSPS) is 23.3. The summed E-state index contributed by atoms with van der Waals surface area (Å²) < 4.78 is 0. The van der Waals surface area contributed by atoms with Gasteiger partial charge in [0.05, 0.1) is 0 Å². The van der Waals surface area contributed by atoms with Gasteiger partial charge < -0.3 is 9.80 Å². The van der Waals surface area contributed by atoms with Gasteiger partial charge in [0.25, 0.3) is 5.91 Å². The number of nitrogens with zero attached hydrogens (tertiary/aromatic N) is 2. The van der Waals surface area contributed by atoms with Crippen LogP contribution in [-0.4, -0.2) is 47.8 Å². The molecule has 0 radical (unpaired) electrons. The molecule has 1 aromatic rings. The van der Waals surface area contributed by atoms with Gasteiger partial charge in [-0.05, 0) is 50.7 Å². The molecular weight excluding hydrogens is 336 g/mol. The minimum Gasteiger partial charge on any atom is -0.339 e. The van der Waals surface area contributed by atoms with E-state index in [1.165, 1.54) is 32.1 Å². The standard InChI is InChI=1S/C23H34N2O2/c1-3-4-5-19-8-12-21(13-9-19)23(27)25-16-14-24(15-17-25)22(26)20-10-6-18(2)7-11-20/h6-7,10-11,19,21H,3-5,8-9,12-17H2,1-2H3. The molecule has 0 bridgehead atoms. The fraction of sp³-hybridized carbons (Fsp3) is 0.652. The maximum atomic E-state index is 12.9. The van der Waals surface area contributed by atoms with Crippen LogP contribution in [0.1, 0.15) is 67.8 Å². The SMILES string of the molecule is CCCCC1CCC(C(=O)N2CCN(C(=O)c3ccc(C)cc3)CC2)CC1. The molecule has 0 aromatic heterocycles. The molecule has 3 rings (SSSR count). The fourth-order valence-electron chi connectivity index (χ4n) is 4.46. The van der Waals surface area contributed by atoms with E-state index in [1.807, 2.05) is 41.0 Å². The number of hydrogen-bond acceptors (Lipinski definition) is 2. The predicted octanol–water partition coefficient (Wildman–Crippen LogP) is 4.28. The second-order valence-corrected chi connectivity index (χ2v) is 8.34. The molecule has 2 aliphatic rings. The van der Waals surface area contributed by atoms with Crippen LogP contribution < -0.4 is 0 Å². The predicted molar refractivity (Wildman–Crippen MR) is 109 cm³/mol. The minimum absolute atomic E-state index is 0.0820. The first-order chi connectivity index (χ1) is 13.1. The first-order valence-corrected chi connectivity index (χ1v) is 10.7. The molecule has 1 saturated heterocycles. The summed E-state index contributed by atoms with van der Waals surface area (Å²) in [4.78, 5) is 29.4. The summed E-state index contributed by atoms with van der Waals surface area (Å²) in [5, 5.41) is 0. The van der Waals surface area contributed by atoms with Crippen molar-refractivity contribution in [3.63, 3.8) is 0 Å². The van der Waals surface area contributed by atoms with Gasteiger partial charge in [-0.25, -0.2) is 0 Å². The number of rotatable bonds is 5. The third-order valence-electron chi connectivity index (χ3n) is 6.34. The van der Waals surface area contributed by atoms with Crippen molar-refractivity contribution >= 4 is 11.8 Å². The average molecular weight is 371 g/mol. The monoisotopic (exact) mass is 370 g/mol. The van der Waals surface area contributed by atoms with Gasteiger partial charge in [-0.2, -0.15) is 0 Å². The molecule has 1 heterocycles. The molecule has 4 heteroatoms. The Hall–Kier alpha value is -1.84. The summed E-state index contributed by atoms with van der Waals surface area (Å²) in [5.74, 6) is 1.45. The highest BCUT2D eigenvalue weighted by atomic mass is 16.2. The molecule has 27 heavy (non-hydrogen) atoms. The molecule has 2 fully saturated rings. The Balaban J connectivity index is 1.45. The van der Waals surface area contributed by atoms with E-state index in [4.69, 9.17) is 0 Å². The van der Waals surface area contributed by atoms with E-state index in [0.29, 0.717) is 32.1 Å². The van der Waals surface area contributed by atoms with Gasteiger partial charge in [-0.15, -0.1) is 0 Å². The van der Waals surface area contributed by atoms with Crippen molar-refractivity contribution in [1.82, 2.24) is 9.80 Å². The van der Waals surface area contributed by atoms with Crippen molar-refractivity contribution in [3.8, 4) is 0 Å². The molecule has 0 unspecified atom stereocenters. The summed E-state index contributed by atoms with van der Waals surface area (Å²) >= 11 is 0. The van der Waals surface area contributed by atoms with Crippen LogP contribution in [0.5, 0.6) is 0 Å². The van der Waals surface area contributed by atoms with Gasteiger partial charge in [-0.1, -0.05) is 43.9 Å². The van der Waals surface area contributed by atoms with Crippen LogP contribution in [0, 0.1) is 18.8 Å². The van der Waals surface area contributed by atoms with Crippen molar-refractivity contribution in [2.24, 2.45) is 11.8 Å². The zero-order valence-corrected chi connectivity index (χ0v) is 17.0. The van der Waals surface area contributed by atoms with Gasteiger partial charge >= 0.3 is 0 Å². The number of hydrogen-bond donors (Lipinski definition) is 0. The topological polar surface area (TPSA) is 40.6 Å². The lowest BCUT2D eigenvalue weighted by molar-refractivity contribution is -0.138. The van der Waals surface area contributed by atoms with E-state index >= 15 is 0 Å². The molecule has 4 nitrogen and oxygen atoms in total. The first-order valence-electron chi connectivity index (χ1n) is 10.7. The molecule has 148 valence electrons. The van der Waals surface area contributed by atoms with Crippen LogP contribution in [0.3, 0.4) is 0 Å². The Bertz CT molecular complexity index is 624. The summed E-state index contributed by atoms with van der Waals surface area (Å²) in [6.45, 7) is 6.90. The smallest absolute Gasteiger partial charge is 0.253 e. The minimum atomic E-state index is 0.0820. The molecule has 1 aliphatic carbocycles. The maximum Gasteiger partial charge on any atom is 0.253 e. The third-order valence-corrected chi connectivity index (χ3v) is 6.34. The van der Waals surface area contributed by atoms with Gasteiger partial charge in [0, 0.05) is 37.7 Å². The van der Waals surface area contributed by atoms with E-state index in [2.05, 4.69) is 6.92 Å². The van der Waals surface area contributed by atoms with Crippen molar-refractivity contribution in [3.05, 3.63) is 35.4 Å². The van der Waals surface area contributed by atoms with Crippen molar-refractivity contribution in [2.45, 2.75) is 58.8 Å². The van der Waals surface area contributed by atoms with Gasteiger partial charge in [0.15, 0.2) is 0 Å². The Morgan fingerprint density at radius 1 is 0.926 bits per heavy atom. The summed E-state index contributed by atoms with van der Waals surface area (Å²) in [5.41, 5.74) is 1.90. The summed E-state index contributed by atoms with van der Waals surface area (Å²) in [6, 6.07) is 7.74. The van der Waals surface area contributed by atoms with E-state index in [-0.39, 0.29) is 11.8 Å². The highest BCUT2D eigenvalue weighted by Gasteiger charge is 2.31. The Morgan fingerprint density at radius 2 is 1.52 bits per heavy atom. The molecule has 1 saturated carbocycles. The first kappa shape index (κ1) is 19.9. The number of carbonyl (C=O) groups is 2. The van der Waals surface area contributed by atoms with E-state index < -0.39 is 0 Å². The number of unbranched alkanes of at least 4 members (excludes halogenated alkanes) is 1. The van der Waals surface area contributed by atoms with E-state index in [0.717, 1.165) is 29.9 Å². The summed E-state index contributed by atoms with van der Waals surface area (Å²) in [7, 11) is 0. The van der Waals surface area contributed by atoms with Crippen LogP contribution in [0.25, 0.3) is 0 Å². The Labute approximate surface area is 163 Å².